The summed E-state index contributed by atoms with van der Waals surface area (Å²) in [5.41, 5.74) is -0.327. The third-order valence-corrected chi connectivity index (χ3v) is 0.874. The smallest absolute Gasteiger partial charge is 0.306 e. The van der Waals surface area contributed by atoms with Crippen LogP contribution in [0.5, 0.6) is 0 Å². The molecular weight excluding hydrogens is 144 g/mol. The van der Waals surface area contributed by atoms with Gasteiger partial charge >= 0.3 is 5.97 Å². The summed E-state index contributed by atoms with van der Waals surface area (Å²) in [6.07, 6.45) is 1.38. The van der Waals surface area contributed by atoms with Gasteiger partial charge in [0.1, 0.15) is 5.60 Å². The van der Waals surface area contributed by atoms with Gasteiger partial charge < -0.3 is 10.2 Å². The molecule has 0 unspecified atom stereocenters. The molecule has 0 radical (unpaired) electrons. The second-order valence-electron chi connectivity index (χ2n) is 3.34. The van der Waals surface area contributed by atoms with Crippen molar-refractivity contribution in [2.24, 2.45) is 0 Å². The second-order valence-corrected chi connectivity index (χ2v) is 3.34. The van der Waals surface area contributed by atoms with E-state index in [0.29, 0.717) is 6.42 Å². The molecule has 0 saturated heterocycles. The molecule has 68 valence electrons. The van der Waals surface area contributed by atoms with Crippen molar-refractivity contribution in [1.29, 1.82) is 0 Å². The number of rotatable bonds is 2. The molecule has 0 aliphatic carbocycles. The van der Waals surface area contributed by atoms with Crippen molar-refractivity contribution < 1.29 is 15.0 Å². The highest BCUT2D eigenvalue weighted by atomic mass is 16.6. The lowest BCUT2D eigenvalue weighted by molar-refractivity contribution is -0.154. The average Bonchev–Trinajstić information content (AvgIpc) is 1.59. The number of carbonyl (C=O) groups is 1. The maximum Gasteiger partial charge on any atom is 0.306 e. The molecule has 0 aromatic carbocycles. The predicted molar refractivity (Wildman–Crippen MR) is 44.4 cm³/mol. The first-order valence-corrected chi connectivity index (χ1v) is 3.67. The van der Waals surface area contributed by atoms with Gasteiger partial charge in [0.05, 0.1) is 0 Å². The number of hydrogen-bond acceptors (Lipinski definition) is 2. The van der Waals surface area contributed by atoms with Gasteiger partial charge in [-0.25, -0.2) is 0 Å². The van der Waals surface area contributed by atoms with Gasteiger partial charge in [-0.1, -0.05) is 6.92 Å². The molecule has 11 heavy (non-hydrogen) atoms. The van der Waals surface area contributed by atoms with Crippen molar-refractivity contribution in [3.63, 3.8) is 0 Å². The van der Waals surface area contributed by atoms with Crippen LogP contribution in [0.2, 0.25) is 0 Å². The first-order valence-electron chi connectivity index (χ1n) is 3.67. The van der Waals surface area contributed by atoms with Crippen LogP contribution in [0.3, 0.4) is 0 Å². The highest BCUT2D eigenvalue weighted by Crippen LogP contribution is 2.08. The largest absolute Gasteiger partial charge is 0.460 e. The molecule has 0 fully saturated rings. The van der Waals surface area contributed by atoms with E-state index in [9.17, 15) is 4.79 Å². The van der Waals surface area contributed by atoms with Gasteiger partial charge in [-0.15, -0.1) is 0 Å². The Bertz CT molecular complexity index is 113. The Labute approximate surface area is 68.0 Å². The predicted octanol–water partition coefficient (Wildman–Crippen LogP) is 1.30. The van der Waals surface area contributed by atoms with E-state index in [2.05, 4.69) is 0 Å². The number of esters is 1. The highest BCUT2D eigenvalue weighted by Gasteiger charge is 2.14. The van der Waals surface area contributed by atoms with Crippen molar-refractivity contribution in [2.75, 3.05) is 0 Å². The molecule has 3 heteroatoms. The molecule has 0 aliphatic heterocycles. The SMILES string of the molecule is CCCC(=O)OC(C)(C)C.O. The van der Waals surface area contributed by atoms with E-state index in [-0.39, 0.29) is 17.0 Å². The molecule has 3 nitrogen and oxygen atoms in total. The molecule has 0 saturated carbocycles. The highest BCUT2D eigenvalue weighted by molar-refractivity contribution is 5.69. The van der Waals surface area contributed by atoms with Crippen molar-refractivity contribution in [1.82, 2.24) is 0 Å². The summed E-state index contributed by atoms with van der Waals surface area (Å²) in [6.45, 7) is 7.59. The Morgan fingerprint density at radius 3 is 2.09 bits per heavy atom. The van der Waals surface area contributed by atoms with E-state index in [4.69, 9.17) is 4.74 Å². The first-order chi connectivity index (χ1) is 4.45. The minimum Gasteiger partial charge on any atom is -0.460 e. The van der Waals surface area contributed by atoms with Crippen LogP contribution in [-0.2, 0) is 9.53 Å². The van der Waals surface area contributed by atoms with Crippen molar-refractivity contribution >= 4 is 5.97 Å². The van der Waals surface area contributed by atoms with Crippen LogP contribution in [0, 0.1) is 0 Å². The van der Waals surface area contributed by atoms with Gasteiger partial charge in [-0.3, -0.25) is 4.79 Å². The van der Waals surface area contributed by atoms with E-state index in [1.54, 1.807) is 0 Å². The fourth-order valence-electron chi connectivity index (χ4n) is 0.597. The molecule has 2 N–H and O–H groups in total. The molecule has 0 atom stereocenters. The molecule has 0 bridgehead atoms. The van der Waals surface area contributed by atoms with Gasteiger partial charge in [-0.2, -0.15) is 0 Å². The standard InChI is InChI=1S/C8H16O2.H2O/c1-5-6-7(9)10-8(2,3)4;/h5-6H2,1-4H3;1H2. The third-order valence-electron chi connectivity index (χ3n) is 0.874. The number of ether oxygens (including phenoxy) is 1. The molecule has 0 amide bonds. The summed E-state index contributed by atoms with van der Waals surface area (Å²) < 4.78 is 5.04. The summed E-state index contributed by atoms with van der Waals surface area (Å²) in [7, 11) is 0. The molecule has 0 rings (SSSR count). The van der Waals surface area contributed by atoms with E-state index in [1.807, 2.05) is 27.7 Å². The van der Waals surface area contributed by atoms with Gasteiger partial charge in [0.25, 0.3) is 0 Å². The fourth-order valence-corrected chi connectivity index (χ4v) is 0.597. The van der Waals surface area contributed by atoms with Gasteiger partial charge in [0.15, 0.2) is 0 Å². The molecule has 0 aromatic heterocycles. The Kier molecular flexibility index (Phi) is 6.09. The Hall–Kier alpha value is -0.570. The Balaban J connectivity index is 0. The van der Waals surface area contributed by atoms with Crippen LogP contribution < -0.4 is 0 Å². The van der Waals surface area contributed by atoms with Crippen molar-refractivity contribution in [2.45, 2.75) is 46.1 Å². The molecule has 0 spiro atoms. The first kappa shape index (κ1) is 13.1. The zero-order valence-corrected chi connectivity index (χ0v) is 7.73. The lowest BCUT2D eigenvalue weighted by Crippen LogP contribution is -2.23. The quantitative estimate of drug-likeness (QED) is 0.575. The van der Waals surface area contributed by atoms with Crippen LogP contribution in [0.4, 0.5) is 0 Å². The van der Waals surface area contributed by atoms with Gasteiger partial charge in [-0.05, 0) is 27.2 Å². The Morgan fingerprint density at radius 2 is 1.82 bits per heavy atom. The lowest BCUT2D eigenvalue weighted by Gasteiger charge is -2.18. The zero-order valence-electron chi connectivity index (χ0n) is 7.73. The van der Waals surface area contributed by atoms with Crippen LogP contribution in [0.1, 0.15) is 40.5 Å². The molecular formula is C8H18O3. The van der Waals surface area contributed by atoms with Gasteiger partial charge in [0, 0.05) is 6.42 Å². The van der Waals surface area contributed by atoms with Crippen LogP contribution in [0.25, 0.3) is 0 Å². The summed E-state index contributed by atoms with van der Waals surface area (Å²) in [6, 6.07) is 0. The normalized spacial score (nSPS) is 10.2. The second kappa shape index (κ2) is 5.13. The summed E-state index contributed by atoms with van der Waals surface area (Å²) in [5, 5.41) is 0. The summed E-state index contributed by atoms with van der Waals surface area (Å²) >= 11 is 0. The summed E-state index contributed by atoms with van der Waals surface area (Å²) in [5.74, 6) is -0.102. The minimum absolute atomic E-state index is 0. The van der Waals surface area contributed by atoms with Crippen LogP contribution in [0.15, 0.2) is 0 Å². The average molecular weight is 162 g/mol. The Morgan fingerprint density at radius 1 is 1.36 bits per heavy atom. The monoisotopic (exact) mass is 162 g/mol. The minimum atomic E-state index is -0.327. The number of carbonyl (C=O) groups excluding carboxylic acids is 1. The fraction of sp³-hybridized carbons (Fsp3) is 0.875. The van der Waals surface area contributed by atoms with Gasteiger partial charge in [0.2, 0.25) is 0 Å². The van der Waals surface area contributed by atoms with E-state index in [0.717, 1.165) is 6.42 Å². The number of hydrogen-bond donors (Lipinski definition) is 0. The topological polar surface area (TPSA) is 57.8 Å². The third kappa shape index (κ3) is 9.43. The molecule has 0 aromatic rings. The lowest BCUT2D eigenvalue weighted by atomic mass is 10.2. The van der Waals surface area contributed by atoms with E-state index < -0.39 is 0 Å². The zero-order chi connectivity index (χ0) is 8.20. The van der Waals surface area contributed by atoms with Crippen molar-refractivity contribution in [3.8, 4) is 0 Å². The van der Waals surface area contributed by atoms with E-state index in [1.165, 1.54) is 0 Å². The van der Waals surface area contributed by atoms with Crippen molar-refractivity contribution in [3.05, 3.63) is 0 Å². The molecule has 0 aliphatic rings. The summed E-state index contributed by atoms with van der Waals surface area (Å²) in [4.78, 5) is 10.8. The molecule has 0 heterocycles. The van der Waals surface area contributed by atoms with Crippen LogP contribution in [-0.4, -0.2) is 17.0 Å². The van der Waals surface area contributed by atoms with E-state index >= 15 is 0 Å². The maximum atomic E-state index is 10.8. The van der Waals surface area contributed by atoms with Crippen LogP contribution >= 0.6 is 0 Å². The maximum absolute atomic E-state index is 10.8.